The molecule has 2 aromatic rings. The Balaban J connectivity index is 1.84. The zero-order chi connectivity index (χ0) is 17.4. The van der Waals surface area contributed by atoms with Crippen molar-refractivity contribution in [2.45, 2.75) is 25.3 Å². The SMILES string of the molecule is COC(=O)c1cc(CC(=O)N[C@H](C=O)CCc2ccccc2)no1. The van der Waals surface area contributed by atoms with E-state index in [1.165, 1.54) is 13.2 Å². The number of esters is 1. The average Bonchev–Trinajstić information content (AvgIpc) is 3.07. The number of hydrogen-bond donors (Lipinski definition) is 1. The molecule has 7 heteroatoms. The lowest BCUT2D eigenvalue weighted by molar-refractivity contribution is -0.123. The van der Waals surface area contributed by atoms with Crippen molar-refractivity contribution < 1.29 is 23.6 Å². The minimum Gasteiger partial charge on any atom is -0.463 e. The number of aldehydes is 1. The van der Waals surface area contributed by atoms with Crippen LogP contribution in [0.15, 0.2) is 40.9 Å². The van der Waals surface area contributed by atoms with Crippen LogP contribution in [-0.4, -0.2) is 36.5 Å². The first-order valence-corrected chi connectivity index (χ1v) is 7.45. The lowest BCUT2D eigenvalue weighted by atomic mass is 10.1. The van der Waals surface area contributed by atoms with Crippen LogP contribution in [0.1, 0.15) is 28.2 Å². The molecule has 7 nitrogen and oxygen atoms in total. The Morgan fingerprint density at radius 1 is 1.33 bits per heavy atom. The van der Waals surface area contributed by atoms with E-state index >= 15 is 0 Å². The van der Waals surface area contributed by atoms with Gasteiger partial charge in [0.15, 0.2) is 0 Å². The van der Waals surface area contributed by atoms with Crippen LogP contribution in [0.4, 0.5) is 0 Å². The number of hydrogen-bond acceptors (Lipinski definition) is 6. The molecular weight excluding hydrogens is 312 g/mol. The summed E-state index contributed by atoms with van der Waals surface area (Å²) in [6, 6.07) is 10.5. The van der Waals surface area contributed by atoms with Gasteiger partial charge in [0.05, 0.1) is 25.3 Å². The van der Waals surface area contributed by atoms with Crippen LogP contribution in [0.3, 0.4) is 0 Å². The molecule has 0 fully saturated rings. The van der Waals surface area contributed by atoms with Gasteiger partial charge in [0, 0.05) is 6.07 Å². The van der Waals surface area contributed by atoms with Gasteiger partial charge in [-0.05, 0) is 18.4 Å². The third kappa shape index (κ3) is 5.05. The number of methoxy groups -OCH3 is 1. The van der Waals surface area contributed by atoms with Gasteiger partial charge in [0.25, 0.3) is 0 Å². The molecule has 0 spiro atoms. The van der Waals surface area contributed by atoms with Gasteiger partial charge in [0.1, 0.15) is 6.29 Å². The van der Waals surface area contributed by atoms with E-state index in [4.69, 9.17) is 4.52 Å². The topological polar surface area (TPSA) is 98.5 Å². The number of carbonyl (C=O) groups excluding carboxylic acids is 3. The Labute approximate surface area is 139 Å². The quantitative estimate of drug-likeness (QED) is 0.579. The number of ether oxygens (including phenoxy) is 1. The second-order valence-electron chi connectivity index (χ2n) is 5.19. The number of benzene rings is 1. The van der Waals surface area contributed by atoms with Crippen LogP contribution in [0.5, 0.6) is 0 Å². The molecule has 0 bridgehead atoms. The molecule has 1 aromatic heterocycles. The minimum atomic E-state index is -0.664. The Kier molecular flexibility index (Phi) is 6.24. The highest BCUT2D eigenvalue weighted by molar-refractivity contribution is 5.87. The molecule has 1 aromatic carbocycles. The number of nitrogens with one attached hydrogen (secondary N) is 1. The van der Waals surface area contributed by atoms with Crippen molar-refractivity contribution in [3.05, 3.63) is 53.4 Å². The molecule has 0 aliphatic rings. The zero-order valence-electron chi connectivity index (χ0n) is 13.2. The summed E-state index contributed by atoms with van der Waals surface area (Å²) < 4.78 is 9.27. The average molecular weight is 330 g/mol. The summed E-state index contributed by atoms with van der Waals surface area (Å²) >= 11 is 0. The van der Waals surface area contributed by atoms with Gasteiger partial charge in [-0.3, -0.25) is 4.79 Å². The molecule has 0 radical (unpaired) electrons. The van der Waals surface area contributed by atoms with E-state index in [1.54, 1.807) is 0 Å². The summed E-state index contributed by atoms with van der Waals surface area (Å²) in [4.78, 5) is 34.4. The highest BCUT2D eigenvalue weighted by Crippen LogP contribution is 2.07. The normalized spacial score (nSPS) is 11.5. The van der Waals surface area contributed by atoms with E-state index < -0.39 is 12.0 Å². The third-order valence-corrected chi connectivity index (χ3v) is 3.38. The first-order valence-electron chi connectivity index (χ1n) is 7.45. The molecule has 126 valence electrons. The Hall–Kier alpha value is -2.96. The van der Waals surface area contributed by atoms with Gasteiger partial charge >= 0.3 is 5.97 Å². The second-order valence-corrected chi connectivity index (χ2v) is 5.19. The van der Waals surface area contributed by atoms with Crippen molar-refractivity contribution in [2.75, 3.05) is 7.11 Å². The fourth-order valence-corrected chi connectivity index (χ4v) is 2.16. The molecule has 0 saturated heterocycles. The Morgan fingerprint density at radius 3 is 2.75 bits per heavy atom. The number of amides is 1. The van der Waals surface area contributed by atoms with E-state index in [2.05, 4.69) is 15.2 Å². The predicted molar refractivity (Wildman–Crippen MR) is 84.3 cm³/mol. The van der Waals surface area contributed by atoms with Gasteiger partial charge in [-0.15, -0.1) is 0 Å². The number of aromatic nitrogens is 1. The molecule has 0 aliphatic carbocycles. The first kappa shape index (κ1) is 17.4. The predicted octanol–water partition coefficient (Wildman–Crippen LogP) is 1.32. The molecule has 24 heavy (non-hydrogen) atoms. The van der Waals surface area contributed by atoms with Crippen molar-refractivity contribution in [1.29, 1.82) is 0 Å². The van der Waals surface area contributed by atoms with Gasteiger partial charge in [-0.2, -0.15) is 0 Å². The van der Waals surface area contributed by atoms with E-state index in [0.29, 0.717) is 24.8 Å². The lowest BCUT2D eigenvalue weighted by Gasteiger charge is -2.12. The smallest absolute Gasteiger partial charge is 0.376 e. The molecule has 1 amide bonds. The lowest BCUT2D eigenvalue weighted by Crippen LogP contribution is -2.37. The van der Waals surface area contributed by atoms with Crippen molar-refractivity contribution in [3.63, 3.8) is 0 Å². The van der Waals surface area contributed by atoms with Crippen molar-refractivity contribution in [2.24, 2.45) is 0 Å². The Bertz CT molecular complexity index is 696. The molecule has 1 heterocycles. The molecule has 2 rings (SSSR count). The van der Waals surface area contributed by atoms with Crippen LogP contribution in [0.2, 0.25) is 0 Å². The van der Waals surface area contributed by atoms with Crippen molar-refractivity contribution in [3.8, 4) is 0 Å². The number of rotatable bonds is 8. The maximum absolute atomic E-state index is 12.0. The van der Waals surface area contributed by atoms with Crippen LogP contribution in [-0.2, 0) is 27.2 Å². The molecule has 0 aliphatic heterocycles. The Morgan fingerprint density at radius 2 is 2.08 bits per heavy atom. The first-order chi connectivity index (χ1) is 11.6. The number of nitrogens with zero attached hydrogens (tertiary/aromatic N) is 1. The summed E-state index contributed by atoms with van der Waals surface area (Å²) in [6.45, 7) is 0. The zero-order valence-corrected chi connectivity index (χ0v) is 13.2. The maximum Gasteiger partial charge on any atom is 0.376 e. The molecule has 0 unspecified atom stereocenters. The number of aryl methyl sites for hydroxylation is 1. The van der Waals surface area contributed by atoms with E-state index in [0.717, 1.165) is 5.56 Å². The summed E-state index contributed by atoms with van der Waals surface area (Å²) in [6.07, 6.45) is 1.81. The van der Waals surface area contributed by atoms with Gasteiger partial charge in [-0.25, -0.2) is 4.79 Å². The third-order valence-electron chi connectivity index (χ3n) is 3.38. The van der Waals surface area contributed by atoms with Crippen LogP contribution in [0.25, 0.3) is 0 Å². The van der Waals surface area contributed by atoms with Crippen LogP contribution < -0.4 is 5.32 Å². The molecule has 1 N–H and O–H groups in total. The summed E-state index contributed by atoms with van der Waals surface area (Å²) in [7, 11) is 1.22. The van der Waals surface area contributed by atoms with Gasteiger partial charge in [0.2, 0.25) is 11.7 Å². The summed E-state index contributed by atoms with van der Waals surface area (Å²) in [5, 5.41) is 6.26. The minimum absolute atomic E-state index is 0.0729. The van der Waals surface area contributed by atoms with Crippen LogP contribution in [0, 0.1) is 0 Å². The van der Waals surface area contributed by atoms with Crippen molar-refractivity contribution >= 4 is 18.2 Å². The number of carbonyl (C=O) groups is 3. The van der Waals surface area contributed by atoms with Gasteiger partial charge in [-0.1, -0.05) is 35.5 Å². The highest BCUT2D eigenvalue weighted by Gasteiger charge is 2.17. The van der Waals surface area contributed by atoms with E-state index in [1.807, 2.05) is 30.3 Å². The monoisotopic (exact) mass is 330 g/mol. The molecule has 1 atom stereocenters. The van der Waals surface area contributed by atoms with Crippen LogP contribution >= 0.6 is 0 Å². The van der Waals surface area contributed by atoms with Gasteiger partial charge < -0.3 is 19.4 Å². The fraction of sp³-hybridized carbons (Fsp3) is 0.294. The largest absolute Gasteiger partial charge is 0.463 e. The molecular formula is C17H18N2O5. The second kappa shape index (κ2) is 8.61. The summed E-state index contributed by atoms with van der Waals surface area (Å²) in [5.41, 5.74) is 1.39. The summed E-state index contributed by atoms with van der Waals surface area (Å²) in [5.74, 6) is -1.11. The van der Waals surface area contributed by atoms with Crippen molar-refractivity contribution in [1.82, 2.24) is 10.5 Å². The van der Waals surface area contributed by atoms with E-state index in [9.17, 15) is 14.4 Å². The fourth-order valence-electron chi connectivity index (χ4n) is 2.16. The maximum atomic E-state index is 12.0. The molecule has 0 saturated carbocycles. The van der Waals surface area contributed by atoms with E-state index in [-0.39, 0.29) is 18.1 Å². The highest BCUT2D eigenvalue weighted by atomic mass is 16.5. The standard InChI is InChI=1S/C17H18N2O5/c1-23-17(22)15-9-14(19-24-15)10-16(21)18-13(11-20)8-7-12-5-3-2-4-6-12/h2-6,9,11,13H,7-8,10H2,1H3,(H,18,21)/t13-/m0/s1.